The molecule has 0 unspecified atom stereocenters. The normalized spacial score (nSPS) is 21.6. The van der Waals surface area contributed by atoms with Crippen LogP contribution in [0.5, 0.6) is 0 Å². The molecule has 60 valence electrons. The summed E-state index contributed by atoms with van der Waals surface area (Å²) < 4.78 is 0. The van der Waals surface area contributed by atoms with Gasteiger partial charge in [0, 0.05) is 13.1 Å². The minimum absolute atomic E-state index is 0.0385. The third kappa shape index (κ3) is 1.46. The van der Waals surface area contributed by atoms with E-state index in [0.717, 1.165) is 0 Å². The molecule has 0 radical (unpaired) electrons. The van der Waals surface area contributed by atoms with Crippen LogP contribution in [-0.4, -0.2) is 58.7 Å². The van der Waals surface area contributed by atoms with Gasteiger partial charge in [0.2, 0.25) is 0 Å². The predicted molar refractivity (Wildman–Crippen MR) is 35.5 cm³/mol. The molecule has 0 aromatic carbocycles. The van der Waals surface area contributed by atoms with Crippen LogP contribution in [0.1, 0.15) is 0 Å². The number of hydrogen-bond acceptors (Lipinski definition) is 4. The van der Waals surface area contributed by atoms with Gasteiger partial charge in [-0.15, -0.1) is 0 Å². The number of likely N-dealkylation sites (tertiary alicyclic amines) is 1. The van der Waals surface area contributed by atoms with Crippen LogP contribution in [0.4, 0.5) is 0 Å². The molecule has 1 aliphatic rings. The van der Waals surface area contributed by atoms with Crippen LogP contribution in [-0.2, 0) is 0 Å². The van der Waals surface area contributed by atoms with Crippen molar-refractivity contribution in [3.8, 4) is 0 Å². The van der Waals surface area contributed by atoms with Gasteiger partial charge in [-0.1, -0.05) is 0 Å². The van der Waals surface area contributed by atoms with E-state index in [2.05, 4.69) is 0 Å². The van der Waals surface area contributed by atoms with Gasteiger partial charge < -0.3 is 15.3 Å². The lowest BCUT2D eigenvalue weighted by atomic mass is 10.1. The van der Waals surface area contributed by atoms with E-state index in [1.807, 2.05) is 4.90 Å². The third-order valence-corrected chi connectivity index (χ3v) is 1.83. The highest BCUT2D eigenvalue weighted by atomic mass is 16.3. The first-order valence-corrected chi connectivity index (χ1v) is 3.41. The van der Waals surface area contributed by atoms with Crippen molar-refractivity contribution >= 4 is 0 Å². The minimum Gasteiger partial charge on any atom is -0.395 e. The van der Waals surface area contributed by atoms with Crippen LogP contribution in [0.15, 0.2) is 0 Å². The van der Waals surface area contributed by atoms with Crippen molar-refractivity contribution in [2.24, 2.45) is 0 Å². The van der Waals surface area contributed by atoms with E-state index in [4.69, 9.17) is 15.3 Å². The topological polar surface area (TPSA) is 63.9 Å². The molecule has 10 heavy (non-hydrogen) atoms. The fourth-order valence-electron chi connectivity index (χ4n) is 1.07. The SMILES string of the molecule is OCC(CO)N1CC(O)C1. The van der Waals surface area contributed by atoms with Crippen molar-refractivity contribution < 1.29 is 15.3 Å². The Kier molecular flexibility index (Phi) is 2.62. The smallest absolute Gasteiger partial charge is 0.0794 e. The van der Waals surface area contributed by atoms with E-state index in [1.165, 1.54) is 0 Å². The van der Waals surface area contributed by atoms with E-state index in [1.54, 1.807) is 0 Å². The summed E-state index contributed by atoms with van der Waals surface area (Å²) in [6, 6.07) is -0.177. The summed E-state index contributed by atoms with van der Waals surface area (Å²) in [4.78, 5) is 1.85. The number of aliphatic hydroxyl groups is 3. The second-order valence-electron chi connectivity index (χ2n) is 2.63. The summed E-state index contributed by atoms with van der Waals surface area (Å²) in [6.45, 7) is 1.07. The zero-order chi connectivity index (χ0) is 7.56. The summed E-state index contributed by atoms with van der Waals surface area (Å²) >= 11 is 0. The van der Waals surface area contributed by atoms with Gasteiger partial charge in [0.25, 0.3) is 0 Å². The largest absolute Gasteiger partial charge is 0.395 e. The van der Waals surface area contributed by atoms with Crippen molar-refractivity contribution in [3.05, 3.63) is 0 Å². The maximum absolute atomic E-state index is 8.85. The Morgan fingerprint density at radius 1 is 1.30 bits per heavy atom. The Balaban J connectivity index is 2.21. The fourth-order valence-corrected chi connectivity index (χ4v) is 1.07. The molecule has 3 N–H and O–H groups in total. The van der Waals surface area contributed by atoms with E-state index in [-0.39, 0.29) is 25.4 Å². The molecule has 0 aromatic rings. The molecule has 4 heteroatoms. The van der Waals surface area contributed by atoms with Crippen molar-refractivity contribution in [3.63, 3.8) is 0 Å². The number of β-amino-alcohol motifs (C(OH)–C–C–N with tert-alkyl or cyclic N) is 1. The van der Waals surface area contributed by atoms with Gasteiger partial charge in [0.05, 0.1) is 25.4 Å². The highest BCUT2D eigenvalue weighted by molar-refractivity contribution is 4.84. The molecule has 1 aliphatic heterocycles. The van der Waals surface area contributed by atoms with E-state index in [9.17, 15) is 0 Å². The summed E-state index contributed by atoms with van der Waals surface area (Å²) in [5.74, 6) is 0. The summed E-state index contributed by atoms with van der Waals surface area (Å²) in [6.07, 6.45) is -0.263. The van der Waals surface area contributed by atoms with Crippen LogP contribution < -0.4 is 0 Å². The summed E-state index contributed by atoms with van der Waals surface area (Å²) in [7, 11) is 0. The zero-order valence-electron chi connectivity index (χ0n) is 5.77. The van der Waals surface area contributed by atoms with E-state index >= 15 is 0 Å². The van der Waals surface area contributed by atoms with Crippen molar-refractivity contribution in [1.29, 1.82) is 0 Å². The lowest BCUT2D eigenvalue weighted by molar-refractivity contribution is -0.0512. The Morgan fingerprint density at radius 3 is 2.10 bits per heavy atom. The van der Waals surface area contributed by atoms with Crippen molar-refractivity contribution in [2.75, 3.05) is 26.3 Å². The molecule has 4 nitrogen and oxygen atoms in total. The molecular formula is C6H13NO3. The zero-order valence-corrected chi connectivity index (χ0v) is 5.77. The number of nitrogens with zero attached hydrogens (tertiary/aromatic N) is 1. The Morgan fingerprint density at radius 2 is 1.80 bits per heavy atom. The molecule has 0 spiro atoms. The molecule has 1 fully saturated rings. The molecule has 0 amide bonds. The molecule has 0 aromatic heterocycles. The average molecular weight is 147 g/mol. The molecule has 0 atom stereocenters. The highest BCUT2D eigenvalue weighted by Gasteiger charge is 2.29. The maximum atomic E-state index is 8.85. The van der Waals surface area contributed by atoms with Gasteiger partial charge in [-0.3, -0.25) is 4.90 Å². The maximum Gasteiger partial charge on any atom is 0.0794 e. The van der Waals surface area contributed by atoms with Crippen LogP contribution in [0, 0.1) is 0 Å². The first kappa shape index (κ1) is 7.94. The second-order valence-corrected chi connectivity index (χ2v) is 2.63. The first-order valence-electron chi connectivity index (χ1n) is 3.41. The van der Waals surface area contributed by atoms with Gasteiger partial charge in [0.1, 0.15) is 0 Å². The highest BCUT2D eigenvalue weighted by Crippen LogP contribution is 2.10. The van der Waals surface area contributed by atoms with Gasteiger partial charge >= 0.3 is 0 Å². The molecule has 1 heterocycles. The second kappa shape index (κ2) is 3.30. The fraction of sp³-hybridized carbons (Fsp3) is 1.00. The lowest BCUT2D eigenvalue weighted by Crippen LogP contribution is -2.57. The molecule has 0 saturated carbocycles. The van der Waals surface area contributed by atoms with Crippen LogP contribution in [0.25, 0.3) is 0 Å². The molecule has 0 bridgehead atoms. The summed E-state index contributed by atoms with van der Waals surface area (Å²) in [5.41, 5.74) is 0. The van der Waals surface area contributed by atoms with Crippen LogP contribution in [0.3, 0.4) is 0 Å². The minimum atomic E-state index is -0.263. The van der Waals surface area contributed by atoms with E-state index in [0.29, 0.717) is 13.1 Å². The van der Waals surface area contributed by atoms with Gasteiger partial charge in [0.15, 0.2) is 0 Å². The molecule has 1 rings (SSSR count). The van der Waals surface area contributed by atoms with Crippen molar-refractivity contribution in [2.45, 2.75) is 12.1 Å². The van der Waals surface area contributed by atoms with Gasteiger partial charge in [-0.05, 0) is 0 Å². The Hall–Kier alpha value is -0.160. The van der Waals surface area contributed by atoms with Gasteiger partial charge in [-0.2, -0.15) is 0 Å². The van der Waals surface area contributed by atoms with Crippen LogP contribution >= 0.6 is 0 Å². The standard InChI is InChI=1S/C6H13NO3/c8-3-5(4-9)7-1-6(10)2-7/h5-6,8-10H,1-4H2. The Labute approximate surface area is 59.7 Å². The summed E-state index contributed by atoms with van der Waals surface area (Å²) in [5, 5.41) is 26.2. The van der Waals surface area contributed by atoms with Crippen LogP contribution in [0.2, 0.25) is 0 Å². The third-order valence-electron chi connectivity index (χ3n) is 1.83. The number of rotatable bonds is 3. The lowest BCUT2D eigenvalue weighted by Gasteiger charge is -2.40. The van der Waals surface area contributed by atoms with Gasteiger partial charge in [-0.25, -0.2) is 0 Å². The molecule has 1 saturated heterocycles. The van der Waals surface area contributed by atoms with E-state index < -0.39 is 0 Å². The first-order chi connectivity index (χ1) is 4.77. The monoisotopic (exact) mass is 147 g/mol. The molecular weight excluding hydrogens is 134 g/mol. The quantitative estimate of drug-likeness (QED) is 0.433. The number of aliphatic hydroxyl groups excluding tert-OH is 3. The predicted octanol–water partition coefficient (Wildman–Crippen LogP) is -1.98. The average Bonchev–Trinajstić information content (AvgIpc) is 1.87. The van der Waals surface area contributed by atoms with Crippen molar-refractivity contribution in [1.82, 2.24) is 4.90 Å². The molecule has 0 aliphatic carbocycles. The number of hydrogen-bond donors (Lipinski definition) is 3. The Bertz CT molecular complexity index is 99.2.